The summed E-state index contributed by atoms with van der Waals surface area (Å²) in [7, 11) is 1.37. The van der Waals surface area contributed by atoms with Crippen molar-refractivity contribution in [2.75, 3.05) is 19.0 Å². The molecule has 3 rings (SSSR count). The molecule has 0 saturated carbocycles. The van der Waals surface area contributed by atoms with Gasteiger partial charge in [-0.25, -0.2) is 4.79 Å². The number of hydrogen-bond acceptors (Lipinski definition) is 5. The third-order valence-electron chi connectivity index (χ3n) is 4.76. The van der Waals surface area contributed by atoms with Crippen LogP contribution >= 0.6 is 11.3 Å². The van der Waals surface area contributed by atoms with Gasteiger partial charge in [0, 0.05) is 11.0 Å². The van der Waals surface area contributed by atoms with Crippen molar-refractivity contribution in [1.82, 2.24) is 0 Å². The zero-order valence-electron chi connectivity index (χ0n) is 16.4. The van der Waals surface area contributed by atoms with Crippen molar-refractivity contribution >= 4 is 34.3 Å². The maximum absolute atomic E-state index is 12.4. The Kier molecular flexibility index (Phi) is 6.52. The number of amides is 1. The fourth-order valence-electron chi connectivity index (χ4n) is 3.32. The number of esters is 1. The zero-order valence-corrected chi connectivity index (χ0v) is 17.2. The second kappa shape index (κ2) is 9.06. The smallest absolute Gasteiger partial charge is 0.341 e. The van der Waals surface area contributed by atoms with Crippen molar-refractivity contribution < 1.29 is 19.1 Å². The molecule has 1 aliphatic rings. The maximum atomic E-state index is 12.4. The highest BCUT2D eigenvalue weighted by molar-refractivity contribution is 7.17. The van der Waals surface area contributed by atoms with Crippen molar-refractivity contribution in [3.8, 4) is 5.75 Å². The Morgan fingerprint density at radius 1 is 1.29 bits per heavy atom. The van der Waals surface area contributed by atoms with E-state index in [0.717, 1.165) is 36.1 Å². The molecular formula is C22H25NO4S. The van der Waals surface area contributed by atoms with Gasteiger partial charge in [-0.1, -0.05) is 19.1 Å². The van der Waals surface area contributed by atoms with Crippen LogP contribution in [0.1, 0.15) is 46.6 Å². The Morgan fingerprint density at radius 2 is 2.04 bits per heavy atom. The Labute approximate surface area is 169 Å². The molecule has 1 N–H and O–H groups in total. The third kappa shape index (κ3) is 4.62. The van der Waals surface area contributed by atoms with E-state index in [1.54, 1.807) is 6.08 Å². The SMILES string of the molecule is CCOc1ccc(C=CC(=O)Nc2sc3c(c2C(=O)OC)CCC(C)C3)cc1. The number of thiophene rings is 1. The molecule has 0 fully saturated rings. The number of anilines is 1. The number of carbonyl (C=O) groups is 2. The van der Waals surface area contributed by atoms with Crippen molar-refractivity contribution in [1.29, 1.82) is 0 Å². The molecule has 0 radical (unpaired) electrons. The van der Waals surface area contributed by atoms with Crippen molar-refractivity contribution in [3.63, 3.8) is 0 Å². The van der Waals surface area contributed by atoms with Crippen molar-refractivity contribution in [3.05, 3.63) is 51.9 Å². The van der Waals surface area contributed by atoms with Crippen LogP contribution < -0.4 is 10.1 Å². The van der Waals surface area contributed by atoms with E-state index in [-0.39, 0.29) is 5.91 Å². The Hall–Kier alpha value is -2.60. The number of rotatable bonds is 6. The number of benzene rings is 1. The number of carbonyl (C=O) groups excluding carboxylic acids is 2. The van der Waals surface area contributed by atoms with Gasteiger partial charge < -0.3 is 14.8 Å². The largest absolute Gasteiger partial charge is 0.494 e. The summed E-state index contributed by atoms with van der Waals surface area (Å²) >= 11 is 1.48. The molecule has 1 aromatic carbocycles. The summed E-state index contributed by atoms with van der Waals surface area (Å²) in [5.74, 6) is 0.716. The first kappa shape index (κ1) is 20.1. The molecule has 2 aromatic rings. The topological polar surface area (TPSA) is 64.6 Å². The van der Waals surface area contributed by atoms with E-state index in [1.807, 2.05) is 31.2 Å². The van der Waals surface area contributed by atoms with E-state index >= 15 is 0 Å². The van der Waals surface area contributed by atoms with E-state index in [1.165, 1.54) is 29.4 Å². The molecule has 0 aliphatic heterocycles. The van der Waals surface area contributed by atoms with Gasteiger partial charge >= 0.3 is 5.97 Å². The highest BCUT2D eigenvalue weighted by atomic mass is 32.1. The lowest BCUT2D eigenvalue weighted by atomic mass is 9.88. The minimum absolute atomic E-state index is 0.273. The van der Waals surface area contributed by atoms with E-state index in [0.29, 0.717) is 23.1 Å². The number of fused-ring (bicyclic) bond motifs is 1. The Bertz CT molecular complexity index is 883. The molecule has 1 amide bonds. The Morgan fingerprint density at radius 3 is 2.71 bits per heavy atom. The number of nitrogens with one attached hydrogen (secondary N) is 1. The average Bonchev–Trinajstić information content (AvgIpc) is 3.03. The van der Waals surface area contributed by atoms with Crippen LogP contribution in [0.2, 0.25) is 0 Å². The summed E-state index contributed by atoms with van der Waals surface area (Å²) in [5, 5.41) is 3.44. The summed E-state index contributed by atoms with van der Waals surface area (Å²) in [6.45, 7) is 4.76. The molecule has 0 spiro atoms. The highest BCUT2D eigenvalue weighted by Crippen LogP contribution is 2.40. The monoisotopic (exact) mass is 399 g/mol. The van der Waals surface area contributed by atoms with Crippen LogP contribution in [0.4, 0.5) is 5.00 Å². The summed E-state index contributed by atoms with van der Waals surface area (Å²) in [6, 6.07) is 7.51. The molecule has 5 nitrogen and oxygen atoms in total. The third-order valence-corrected chi connectivity index (χ3v) is 5.93. The first-order valence-electron chi connectivity index (χ1n) is 9.46. The van der Waals surface area contributed by atoms with Gasteiger partial charge in [-0.2, -0.15) is 0 Å². The summed E-state index contributed by atoms with van der Waals surface area (Å²) in [4.78, 5) is 25.9. The van der Waals surface area contributed by atoms with Gasteiger partial charge in [-0.15, -0.1) is 11.3 Å². The molecule has 1 aliphatic carbocycles. The minimum Gasteiger partial charge on any atom is -0.494 e. The number of hydrogen-bond donors (Lipinski definition) is 1. The summed E-state index contributed by atoms with van der Waals surface area (Å²) in [6.07, 6.45) is 6.02. The second-order valence-electron chi connectivity index (χ2n) is 6.87. The molecule has 1 unspecified atom stereocenters. The van der Waals surface area contributed by atoms with Crippen LogP contribution in [-0.4, -0.2) is 25.6 Å². The molecule has 1 aromatic heterocycles. The summed E-state index contributed by atoms with van der Waals surface area (Å²) in [5.41, 5.74) is 2.43. The lowest BCUT2D eigenvalue weighted by molar-refractivity contribution is -0.111. The second-order valence-corrected chi connectivity index (χ2v) is 7.98. The molecule has 28 heavy (non-hydrogen) atoms. The number of methoxy groups -OCH3 is 1. The lowest BCUT2D eigenvalue weighted by Crippen LogP contribution is -2.14. The number of ether oxygens (including phenoxy) is 2. The quantitative estimate of drug-likeness (QED) is 0.564. The lowest BCUT2D eigenvalue weighted by Gasteiger charge is -2.18. The predicted octanol–water partition coefficient (Wildman–Crippen LogP) is 4.71. The van der Waals surface area contributed by atoms with Gasteiger partial charge in [0.05, 0.1) is 19.3 Å². The molecule has 0 bridgehead atoms. The zero-order chi connectivity index (χ0) is 20.1. The molecule has 1 atom stereocenters. The average molecular weight is 400 g/mol. The molecule has 148 valence electrons. The fraction of sp³-hybridized carbons (Fsp3) is 0.364. The maximum Gasteiger partial charge on any atom is 0.341 e. The minimum atomic E-state index is -0.391. The molecule has 1 heterocycles. The normalized spacial score (nSPS) is 15.9. The highest BCUT2D eigenvalue weighted by Gasteiger charge is 2.28. The van der Waals surface area contributed by atoms with Crippen molar-refractivity contribution in [2.24, 2.45) is 5.92 Å². The molecule has 6 heteroatoms. The fourth-order valence-corrected chi connectivity index (χ4v) is 4.73. The van der Waals surface area contributed by atoms with Gasteiger partial charge in [0.2, 0.25) is 5.91 Å². The van der Waals surface area contributed by atoms with E-state index in [2.05, 4.69) is 12.2 Å². The van der Waals surface area contributed by atoms with Crippen LogP contribution in [-0.2, 0) is 22.4 Å². The van der Waals surface area contributed by atoms with Crippen LogP contribution in [0.3, 0.4) is 0 Å². The van der Waals surface area contributed by atoms with Gasteiger partial charge in [0.1, 0.15) is 10.8 Å². The van der Waals surface area contributed by atoms with Crippen LogP contribution in [0.15, 0.2) is 30.3 Å². The first-order valence-corrected chi connectivity index (χ1v) is 10.3. The van der Waals surface area contributed by atoms with Gasteiger partial charge in [0.25, 0.3) is 0 Å². The van der Waals surface area contributed by atoms with E-state index < -0.39 is 5.97 Å². The van der Waals surface area contributed by atoms with Gasteiger partial charge in [0.15, 0.2) is 0 Å². The molecule has 0 saturated heterocycles. The molecular weight excluding hydrogens is 374 g/mol. The summed E-state index contributed by atoms with van der Waals surface area (Å²) < 4.78 is 10.4. The Balaban J connectivity index is 1.75. The van der Waals surface area contributed by atoms with E-state index in [9.17, 15) is 9.59 Å². The van der Waals surface area contributed by atoms with Crippen LogP contribution in [0, 0.1) is 5.92 Å². The predicted molar refractivity (Wildman–Crippen MR) is 112 cm³/mol. The standard InChI is InChI=1S/C22H25NO4S/c1-4-27-16-9-6-15(7-10-16)8-12-19(24)23-21-20(22(25)26-3)17-11-5-14(2)13-18(17)28-21/h6-10,12,14H,4-5,11,13H2,1-3H3,(H,23,24). The van der Waals surface area contributed by atoms with Crippen LogP contribution in [0.5, 0.6) is 5.75 Å². The van der Waals surface area contributed by atoms with E-state index in [4.69, 9.17) is 9.47 Å². The van der Waals surface area contributed by atoms with Gasteiger partial charge in [-0.05, 0) is 61.4 Å². The van der Waals surface area contributed by atoms with Crippen molar-refractivity contribution in [2.45, 2.75) is 33.1 Å². The van der Waals surface area contributed by atoms with Gasteiger partial charge in [-0.3, -0.25) is 4.79 Å². The first-order chi connectivity index (χ1) is 13.5. The van der Waals surface area contributed by atoms with Crippen LogP contribution in [0.25, 0.3) is 6.08 Å².